The minimum Gasteiger partial charge on any atom is -0.480 e. The van der Waals surface area contributed by atoms with Gasteiger partial charge in [0.2, 0.25) is 0 Å². The fourth-order valence-electron chi connectivity index (χ4n) is 1.77. The molecule has 0 radical (unpaired) electrons. The molecule has 0 amide bonds. The largest absolute Gasteiger partial charge is 0.480 e. The highest BCUT2D eigenvalue weighted by molar-refractivity contribution is 5.71. The first-order chi connectivity index (χ1) is 9.88. The molecule has 0 aliphatic heterocycles. The van der Waals surface area contributed by atoms with Gasteiger partial charge in [-0.3, -0.25) is 4.98 Å². The van der Waals surface area contributed by atoms with E-state index in [2.05, 4.69) is 24.1 Å². The fourth-order valence-corrected chi connectivity index (χ4v) is 1.77. The molecule has 0 bridgehead atoms. The molecule has 0 spiro atoms. The molecule has 1 rings (SSSR count). The van der Waals surface area contributed by atoms with Gasteiger partial charge in [0.1, 0.15) is 5.75 Å². The number of aryl methyl sites for hydroxylation is 1. The number of hydrogen-bond donors (Lipinski definition) is 1. The molecular weight excluding hydrogens is 268 g/mol. The van der Waals surface area contributed by atoms with Crippen molar-refractivity contribution in [2.75, 3.05) is 13.2 Å². The van der Waals surface area contributed by atoms with Crippen LogP contribution in [0, 0.1) is 12.8 Å². The third kappa shape index (κ3) is 7.09. The smallest absolute Gasteiger partial charge is 0.344 e. The van der Waals surface area contributed by atoms with Crippen molar-refractivity contribution in [2.45, 2.75) is 47.3 Å². The van der Waals surface area contributed by atoms with E-state index in [1.165, 1.54) is 0 Å². The molecule has 0 aliphatic rings. The van der Waals surface area contributed by atoms with Crippen molar-refractivity contribution in [3.05, 3.63) is 23.5 Å². The first kappa shape index (κ1) is 17.4. The summed E-state index contributed by atoms with van der Waals surface area (Å²) in [7, 11) is 0. The van der Waals surface area contributed by atoms with E-state index < -0.39 is 0 Å². The summed E-state index contributed by atoms with van der Waals surface area (Å²) in [6.07, 6.45) is -0.135. The highest BCUT2D eigenvalue weighted by Crippen LogP contribution is 2.17. The van der Waals surface area contributed by atoms with E-state index in [0.29, 0.717) is 18.2 Å². The number of pyridine rings is 1. The van der Waals surface area contributed by atoms with Gasteiger partial charge in [-0.15, -0.1) is 0 Å². The van der Waals surface area contributed by atoms with Gasteiger partial charge in [0.05, 0.1) is 11.8 Å². The van der Waals surface area contributed by atoms with Crippen molar-refractivity contribution < 1.29 is 14.3 Å². The Bertz CT molecular complexity index is 459. The molecule has 1 aromatic rings. The van der Waals surface area contributed by atoms with Crippen LogP contribution in [0.3, 0.4) is 0 Å². The van der Waals surface area contributed by atoms with Crippen LogP contribution >= 0.6 is 0 Å². The predicted molar refractivity (Wildman–Crippen MR) is 82.2 cm³/mol. The Morgan fingerprint density at radius 3 is 2.62 bits per heavy atom. The Hall–Kier alpha value is -1.62. The van der Waals surface area contributed by atoms with Gasteiger partial charge in [0.15, 0.2) is 6.61 Å². The Morgan fingerprint density at radius 2 is 2.00 bits per heavy atom. The monoisotopic (exact) mass is 294 g/mol. The topological polar surface area (TPSA) is 60.5 Å². The van der Waals surface area contributed by atoms with Gasteiger partial charge in [-0.1, -0.05) is 13.8 Å². The molecule has 5 heteroatoms. The van der Waals surface area contributed by atoms with Gasteiger partial charge in [0, 0.05) is 12.2 Å². The summed E-state index contributed by atoms with van der Waals surface area (Å²) in [5.41, 5.74) is 1.74. The molecule has 0 saturated carbocycles. The first-order valence-electron chi connectivity index (χ1n) is 7.38. The standard InChI is InChI=1S/C16H26N2O3/c1-11(2)8-17-9-14-15(7-6-13(5)18-14)20-10-16(19)21-12(3)4/h6-7,11-12,17H,8-10H2,1-5H3. The van der Waals surface area contributed by atoms with Crippen LogP contribution in [0.5, 0.6) is 5.75 Å². The highest BCUT2D eigenvalue weighted by atomic mass is 16.6. The maximum Gasteiger partial charge on any atom is 0.344 e. The fraction of sp³-hybridized carbons (Fsp3) is 0.625. The lowest BCUT2D eigenvalue weighted by Gasteiger charge is -2.13. The molecule has 1 aromatic heterocycles. The lowest BCUT2D eigenvalue weighted by atomic mass is 10.2. The minimum atomic E-state index is -0.369. The van der Waals surface area contributed by atoms with Crippen LogP contribution in [-0.2, 0) is 16.1 Å². The second-order valence-corrected chi connectivity index (χ2v) is 5.75. The maximum absolute atomic E-state index is 11.5. The van der Waals surface area contributed by atoms with Gasteiger partial charge < -0.3 is 14.8 Å². The quantitative estimate of drug-likeness (QED) is 0.746. The number of carbonyl (C=O) groups is 1. The van der Waals surface area contributed by atoms with Gasteiger partial charge in [-0.25, -0.2) is 4.79 Å². The van der Waals surface area contributed by atoms with Crippen LogP contribution in [0.4, 0.5) is 0 Å². The molecular formula is C16H26N2O3. The molecule has 0 saturated heterocycles. The van der Waals surface area contributed by atoms with Crippen molar-refractivity contribution in [1.29, 1.82) is 0 Å². The molecule has 0 fully saturated rings. The Morgan fingerprint density at radius 1 is 1.29 bits per heavy atom. The van der Waals surface area contributed by atoms with Crippen LogP contribution in [-0.4, -0.2) is 30.2 Å². The predicted octanol–water partition coefficient (Wildman–Crippen LogP) is 2.47. The molecule has 0 aliphatic carbocycles. The molecule has 118 valence electrons. The van der Waals surface area contributed by atoms with Crippen LogP contribution in [0.15, 0.2) is 12.1 Å². The highest BCUT2D eigenvalue weighted by Gasteiger charge is 2.10. The van der Waals surface area contributed by atoms with Crippen molar-refractivity contribution >= 4 is 5.97 Å². The van der Waals surface area contributed by atoms with Crippen molar-refractivity contribution in [3.8, 4) is 5.75 Å². The number of ether oxygens (including phenoxy) is 2. The van der Waals surface area contributed by atoms with Gasteiger partial charge in [-0.2, -0.15) is 0 Å². The van der Waals surface area contributed by atoms with E-state index in [-0.39, 0.29) is 18.7 Å². The SMILES string of the molecule is Cc1ccc(OCC(=O)OC(C)C)c(CNCC(C)C)n1. The lowest BCUT2D eigenvalue weighted by molar-refractivity contribution is -0.149. The lowest BCUT2D eigenvalue weighted by Crippen LogP contribution is -2.22. The molecule has 0 atom stereocenters. The second kappa shape index (κ2) is 8.62. The molecule has 5 nitrogen and oxygen atoms in total. The molecule has 21 heavy (non-hydrogen) atoms. The summed E-state index contributed by atoms with van der Waals surface area (Å²) in [5.74, 6) is 0.824. The van der Waals surface area contributed by atoms with E-state index in [1.807, 2.05) is 32.9 Å². The van der Waals surface area contributed by atoms with E-state index in [1.54, 1.807) is 0 Å². The number of rotatable bonds is 8. The van der Waals surface area contributed by atoms with E-state index in [9.17, 15) is 4.79 Å². The molecule has 0 aromatic carbocycles. The number of aromatic nitrogens is 1. The van der Waals surface area contributed by atoms with Crippen LogP contribution in [0.1, 0.15) is 39.1 Å². The van der Waals surface area contributed by atoms with Gasteiger partial charge in [-0.05, 0) is 45.4 Å². The maximum atomic E-state index is 11.5. The molecule has 0 unspecified atom stereocenters. The normalized spacial score (nSPS) is 11.0. The third-order valence-electron chi connectivity index (χ3n) is 2.63. The van der Waals surface area contributed by atoms with Crippen molar-refractivity contribution in [1.82, 2.24) is 10.3 Å². The van der Waals surface area contributed by atoms with E-state index in [0.717, 1.165) is 17.9 Å². The summed E-state index contributed by atoms with van der Waals surface area (Å²) in [4.78, 5) is 16.0. The second-order valence-electron chi connectivity index (χ2n) is 5.75. The average molecular weight is 294 g/mol. The summed E-state index contributed by atoms with van der Waals surface area (Å²) in [5, 5.41) is 3.33. The Balaban J connectivity index is 2.61. The zero-order valence-corrected chi connectivity index (χ0v) is 13.6. The number of hydrogen-bond acceptors (Lipinski definition) is 5. The van der Waals surface area contributed by atoms with Crippen LogP contribution < -0.4 is 10.1 Å². The zero-order valence-electron chi connectivity index (χ0n) is 13.6. The van der Waals surface area contributed by atoms with E-state index >= 15 is 0 Å². The zero-order chi connectivity index (χ0) is 15.8. The molecule has 1 heterocycles. The van der Waals surface area contributed by atoms with Crippen LogP contribution in [0.25, 0.3) is 0 Å². The summed E-state index contributed by atoms with van der Waals surface area (Å²) in [6.45, 7) is 11.3. The van der Waals surface area contributed by atoms with Gasteiger partial charge in [0.25, 0.3) is 0 Å². The summed E-state index contributed by atoms with van der Waals surface area (Å²) in [6, 6.07) is 3.71. The van der Waals surface area contributed by atoms with Gasteiger partial charge >= 0.3 is 5.97 Å². The van der Waals surface area contributed by atoms with Crippen LogP contribution in [0.2, 0.25) is 0 Å². The summed E-state index contributed by atoms with van der Waals surface area (Å²) < 4.78 is 10.6. The van der Waals surface area contributed by atoms with E-state index in [4.69, 9.17) is 9.47 Å². The number of carbonyl (C=O) groups excluding carboxylic acids is 1. The number of nitrogens with one attached hydrogen (secondary N) is 1. The Labute approximate surface area is 127 Å². The Kier molecular flexibility index (Phi) is 7.15. The number of nitrogens with zero attached hydrogens (tertiary/aromatic N) is 1. The third-order valence-corrected chi connectivity index (χ3v) is 2.63. The summed E-state index contributed by atoms with van der Waals surface area (Å²) >= 11 is 0. The minimum absolute atomic E-state index is 0.0971. The van der Waals surface area contributed by atoms with Crippen molar-refractivity contribution in [3.63, 3.8) is 0 Å². The average Bonchev–Trinajstić information content (AvgIpc) is 2.36. The van der Waals surface area contributed by atoms with Crippen molar-refractivity contribution in [2.24, 2.45) is 5.92 Å². The molecule has 1 N–H and O–H groups in total. The number of esters is 1. The first-order valence-corrected chi connectivity index (χ1v) is 7.38.